The summed E-state index contributed by atoms with van der Waals surface area (Å²) in [4.78, 5) is 46.2. The molecule has 2 amide bonds. The topological polar surface area (TPSA) is 125 Å². The summed E-state index contributed by atoms with van der Waals surface area (Å²) in [5.41, 5.74) is 3.49. The zero-order chi connectivity index (χ0) is 14.7. The molecule has 0 aliphatic heterocycles. The van der Waals surface area contributed by atoms with Crippen molar-refractivity contribution in [1.29, 1.82) is 0 Å². The van der Waals surface area contributed by atoms with Crippen molar-refractivity contribution in [2.24, 2.45) is 14.1 Å². The van der Waals surface area contributed by atoms with Gasteiger partial charge in [0.25, 0.3) is 11.5 Å². The standard InChI is InChI=1S/C10H14N4O5/c1-4-19-9(17)12-7(15)5-6(11)13(2)10(18)14(3)8(5)16/h4,11H2,1-3H3,(H,12,15,17). The van der Waals surface area contributed by atoms with Crippen LogP contribution in [0, 0.1) is 0 Å². The van der Waals surface area contributed by atoms with Gasteiger partial charge in [0.2, 0.25) is 0 Å². The maximum Gasteiger partial charge on any atom is 0.414 e. The molecule has 0 bridgehead atoms. The minimum Gasteiger partial charge on any atom is -0.450 e. The predicted molar refractivity (Wildman–Crippen MR) is 65.8 cm³/mol. The molecule has 0 atom stereocenters. The lowest BCUT2D eigenvalue weighted by Gasteiger charge is -2.10. The maximum absolute atomic E-state index is 11.8. The van der Waals surface area contributed by atoms with E-state index in [2.05, 4.69) is 4.74 Å². The zero-order valence-electron chi connectivity index (χ0n) is 10.7. The number of carbonyl (C=O) groups is 2. The van der Waals surface area contributed by atoms with Crippen LogP contribution in [0.25, 0.3) is 0 Å². The van der Waals surface area contributed by atoms with Gasteiger partial charge in [-0.2, -0.15) is 0 Å². The van der Waals surface area contributed by atoms with Crippen LogP contribution in [0.1, 0.15) is 17.3 Å². The van der Waals surface area contributed by atoms with Gasteiger partial charge < -0.3 is 10.5 Å². The molecule has 0 spiro atoms. The van der Waals surface area contributed by atoms with E-state index in [4.69, 9.17) is 5.73 Å². The summed E-state index contributed by atoms with van der Waals surface area (Å²) in [7, 11) is 2.50. The smallest absolute Gasteiger partial charge is 0.414 e. The lowest BCUT2D eigenvalue weighted by molar-refractivity contribution is 0.0923. The van der Waals surface area contributed by atoms with Crippen LogP contribution >= 0.6 is 0 Å². The van der Waals surface area contributed by atoms with E-state index in [1.807, 2.05) is 5.32 Å². The third-order valence-electron chi connectivity index (χ3n) is 2.43. The molecule has 9 nitrogen and oxygen atoms in total. The molecular weight excluding hydrogens is 256 g/mol. The quantitative estimate of drug-likeness (QED) is 0.677. The lowest BCUT2D eigenvalue weighted by atomic mass is 10.2. The molecule has 1 rings (SSSR count). The van der Waals surface area contributed by atoms with Crippen LogP contribution < -0.4 is 22.3 Å². The van der Waals surface area contributed by atoms with Gasteiger partial charge >= 0.3 is 11.8 Å². The first-order chi connectivity index (χ1) is 8.81. The Labute approximate surface area is 107 Å². The number of nitrogens with zero attached hydrogens (tertiary/aromatic N) is 2. The number of aromatic nitrogens is 2. The number of nitrogens with one attached hydrogen (secondary N) is 1. The van der Waals surface area contributed by atoms with Gasteiger partial charge in [-0.1, -0.05) is 0 Å². The van der Waals surface area contributed by atoms with Crippen molar-refractivity contribution in [3.63, 3.8) is 0 Å². The molecule has 104 valence electrons. The highest BCUT2D eigenvalue weighted by molar-refractivity contribution is 6.05. The molecule has 0 unspecified atom stereocenters. The molecule has 0 saturated carbocycles. The van der Waals surface area contributed by atoms with Crippen LogP contribution in [-0.4, -0.2) is 27.7 Å². The van der Waals surface area contributed by atoms with E-state index in [9.17, 15) is 19.2 Å². The van der Waals surface area contributed by atoms with Crippen LogP contribution in [0.5, 0.6) is 0 Å². The van der Waals surface area contributed by atoms with Gasteiger partial charge in [0, 0.05) is 14.1 Å². The van der Waals surface area contributed by atoms with Crippen LogP contribution in [0.4, 0.5) is 10.6 Å². The molecule has 0 fully saturated rings. The van der Waals surface area contributed by atoms with Gasteiger partial charge in [0.05, 0.1) is 6.61 Å². The van der Waals surface area contributed by atoms with Gasteiger partial charge in [-0.15, -0.1) is 0 Å². The van der Waals surface area contributed by atoms with Crippen LogP contribution in [-0.2, 0) is 18.8 Å². The van der Waals surface area contributed by atoms with E-state index in [-0.39, 0.29) is 12.4 Å². The Balaban J connectivity index is 3.29. The van der Waals surface area contributed by atoms with Crippen molar-refractivity contribution in [2.45, 2.75) is 6.92 Å². The number of imide groups is 1. The zero-order valence-corrected chi connectivity index (χ0v) is 10.7. The second-order valence-electron chi connectivity index (χ2n) is 3.64. The third-order valence-corrected chi connectivity index (χ3v) is 2.43. The normalized spacial score (nSPS) is 10.1. The Hall–Kier alpha value is -2.58. The largest absolute Gasteiger partial charge is 0.450 e. The fourth-order valence-electron chi connectivity index (χ4n) is 1.40. The van der Waals surface area contributed by atoms with Gasteiger partial charge in [0.15, 0.2) is 0 Å². The van der Waals surface area contributed by atoms with E-state index < -0.39 is 28.8 Å². The van der Waals surface area contributed by atoms with E-state index in [0.29, 0.717) is 0 Å². The second-order valence-corrected chi connectivity index (χ2v) is 3.64. The number of rotatable bonds is 2. The fraction of sp³-hybridized carbons (Fsp3) is 0.400. The molecule has 1 aromatic rings. The Morgan fingerprint density at radius 3 is 2.37 bits per heavy atom. The Morgan fingerprint density at radius 1 is 1.26 bits per heavy atom. The van der Waals surface area contributed by atoms with E-state index in [1.165, 1.54) is 14.1 Å². The van der Waals surface area contributed by atoms with Gasteiger partial charge in [-0.3, -0.25) is 24.0 Å². The molecule has 9 heteroatoms. The van der Waals surface area contributed by atoms with E-state index in [0.717, 1.165) is 9.13 Å². The maximum atomic E-state index is 11.8. The molecule has 1 heterocycles. The summed E-state index contributed by atoms with van der Waals surface area (Å²) in [5.74, 6) is -1.35. The third kappa shape index (κ3) is 2.64. The van der Waals surface area contributed by atoms with Crippen molar-refractivity contribution in [2.75, 3.05) is 12.3 Å². The van der Waals surface area contributed by atoms with Crippen molar-refractivity contribution >= 4 is 17.8 Å². The summed E-state index contributed by atoms with van der Waals surface area (Å²) >= 11 is 0. The highest BCUT2D eigenvalue weighted by Gasteiger charge is 2.22. The molecule has 0 saturated heterocycles. The number of nitrogens with two attached hydrogens (primary N) is 1. The highest BCUT2D eigenvalue weighted by Crippen LogP contribution is 2.02. The number of hydrogen-bond donors (Lipinski definition) is 2. The summed E-state index contributed by atoms with van der Waals surface area (Å²) in [6.07, 6.45) is -0.997. The Bertz CT molecular complexity index is 643. The number of alkyl carbamates (subject to hydrolysis) is 1. The van der Waals surface area contributed by atoms with Crippen LogP contribution in [0.2, 0.25) is 0 Å². The minimum atomic E-state index is -1.02. The first-order valence-corrected chi connectivity index (χ1v) is 5.34. The van der Waals surface area contributed by atoms with Gasteiger partial charge in [-0.05, 0) is 6.92 Å². The number of anilines is 1. The fourth-order valence-corrected chi connectivity index (χ4v) is 1.40. The van der Waals surface area contributed by atoms with Crippen LogP contribution in [0.3, 0.4) is 0 Å². The number of amides is 2. The molecule has 1 aromatic heterocycles. The first-order valence-electron chi connectivity index (χ1n) is 5.34. The number of ether oxygens (including phenoxy) is 1. The monoisotopic (exact) mass is 270 g/mol. The van der Waals surface area contributed by atoms with Crippen molar-refractivity contribution in [3.05, 3.63) is 26.4 Å². The molecule has 19 heavy (non-hydrogen) atoms. The molecule has 3 N–H and O–H groups in total. The van der Waals surface area contributed by atoms with Crippen molar-refractivity contribution < 1.29 is 14.3 Å². The number of hydrogen-bond acceptors (Lipinski definition) is 6. The van der Waals surface area contributed by atoms with E-state index in [1.54, 1.807) is 6.92 Å². The molecule has 0 aliphatic carbocycles. The van der Waals surface area contributed by atoms with Crippen molar-refractivity contribution in [3.8, 4) is 0 Å². The summed E-state index contributed by atoms with van der Waals surface area (Å²) < 4.78 is 6.16. The average molecular weight is 270 g/mol. The molecule has 0 aliphatic rings. The summed E-state index contributed by atoms with van der Waals surface area (Å²) in [6.45, 7) is 1.63. The second kappa shape index (κ2) is 5.38. The summed E-state index contributed by atoms with van der Waals surface area (Å²) in [6, 6.07) is 0. The first kappa shape index (κ1) is 14.5. The van der Waals surface area contributed by atoms with Crippen LogP contribution in [0.15, 0.2) is 9.59 Å². The lowest BCUT2D eigenvalue weighted by Crippen LogP contribution is -2.44. The Morgan fingerprint density at radius 2 is 1.84 bits per heavy atom. The van der Waals surface area contributed by atoms with Gasteiger partial charge in [-0.25, -0.2) is 9.59 Å². The SMILES string of the molecule is CCOC(=O)NC(=O)c1c(N)n(C)c(=O)n(C)c1=O. The summed E-state index contributed by atoms with van der Waals surface area (Å²) in [5, 5.41) is 1.84. The average Bonchev–Trinajstić information content (AvgIpc) is 2.34. The number of nitrogen functional groups attached to an aromatic ring is 1. The highest BCUT2D eigenvalue weighted by atomic mass is 16.5. The predicted octanol–water partition coefficient (Wildman–Crippen LogP) is -1.45. The molecule has 0 radical (unpaired) electrons. The number of carbonyl (C=O) groups excluding carboxylic acids is 2. The van der Waals surface area contributed by atoms with Gasteiger partial charge in [0.1, 0.15) is 11.4 Å². The Kier molecular flexibility index (Phi) is 4.10. The van der Waals surface area contributed by atoms with Crippen molar-refractivity contribution in [1.82, 2.24) is 14.5 Å². The van der Waals surface area contributed by atoms with E-state index >= 15 is 0 Å². The molecule has 0 aromatic carbocycles. The molecular formula is C10H14N4O5. The minimum absolute atomic E-state index is 0.0693.